The predicted octanol–water partition coefficient (Wildman–Crippen LogP) is 14.6. The van der Waals surface area contributed by atoms with E-state index in [-0.39, 0.29) is 12.3 Å². The minimum absolute atomic E-state index is 0.258. The Morgan fingerprint density at radius 3 is 2.03 bits per heavy atom. The fourth-order valence-electron chi connectivity index (χ4n) is 8.45. The molecule has 4 nitrogen and oxygen atoms in total. The molecule has 11 rings (SSSR count). The van der Waals surface area contributed by atoms with E-state index in [1.807, 2.05) is 11.3 Å². The van der Waals surface area contributed by atoms with E-state index in [0.717, 1.165) is 39.6 Å². The summed E-state index contributed by atoms with van der Waals surface area (Å²) in [6.45, 7) is 0. The second kappa shape index (κ2) is 14.5. The van der Waals surface area contributed by atoms with Gasteiger partial charge in [-0.2, -0.15) is 0 Å². The lowest BCUT2D eigenvalue weighted by Crippen LogP contribution is -2.34. The Kier molecular flexibility index (Phi) is 8.54. The first-order valence-electron chi connectivity index (χ1n) is 19.7. The average molecular weight is 762 g/mol. The second-order valence-electron chi connectivity index (χ2n) is 14.8. The quantitative estimate of drug-likeness (QED) is 0.176. The molecule has 58 heavy (non-hydrogen) atoms. The van der Waals surface area contributed by atoms with Crippen molar-refractivity contribution in [3.8, 4) is 11.1 Å². The van der Waals surface area contributed by atoms with E-state index in [1.54, 1.807) is 0 Å². The third-order valence-electron chi connectivity index (χ3n) is 11.2. The molecular weight excluding hydrogens is 725 g/mol. The number of amidine groups is 1. The molecule has 10 aromatic rings. The third-order valence-corrected chi connectivity index (χ3v) is 12.3. The summed E-state index contributed by atoms with van der Waals surface area (Å²) in [6, 6.07) is 73.8. The summed E-state index contributed by atoms with van der Waals surface area (Å²) in [6.07, 6.45) is -0.631. The normalized spacial score (nSPS) is 15.4. The van der Waals surface area contributed by atoms with Crippen LogP contribution in [0, 0.1) is 0 Å². The summed E-state index contributed by atoms with van der Waals surface area (Å²) in [5.41, 5.74) is 8.99. The van der Waals surface area contributed by atoms with Crippen molar-refractivity contribution in [2.75, 3.05) is 4.90 Å². The molecule has 1 aliphatic rings. The Hall–Kier alpha value is -7.05. The Bertz CT molecular complexity index is 3150. The highest BCUT2D eigenvalue weighted by atomic mass is 32.1. The van der Waals surface area contributed by atoms with Crippen molar-refractivity contribution in [3.05, 3.63) is 228 Å². The van der Waals surface area contributed by atoms with Gasteiger partial charge in [-0.05, 0) is 98.6 Å². The number of nitrogens with one attached hydrogen (secondary N) is 1. The van der Waals surface area contributed by atoms with Crippen molar-refractivity contribution in [2.24, 2.45) is 4.99 Å². The highest BCUT2D eigenvalue weighted by molar-refractivity contribution is 7.26. The Labute approximate surface area is 341 Å². The van der Waals surface area contributed by atoms with Gasteiger partial charge in [0.1, 0.15) is 5.84 Å². The molecule has 0 spiro atoms. The first-order chi connectivity index (χ1) is 28.7. The highest BCUT2D eigenvalue weighted by Gasteiger charge is 2.22. The second-order valence-corrected chi connectivity index (χ2v) is 15.9. The van der Waals surface area contributed by atoms with Gasteiger partial charge in [-0.25, -0.2) is 0 Å². The van der Waals surface area contributed by atoms with Crippen LogP contribution in [0.1, 0.15) is 29.0 Å². The van der Waals surface area contributed by atoms with Crippen LogP contribution >= 0.6 is 11.3 Å². The molecule has 0 amide bonds. The van der Waals surface area contributed by atoms with Crippen LogP contribution in [0.3, 0.4) is 0 Å². The van der Waals surface area contributed by atoms with Gasteiger partial charge in [0.25, 0.3) is 0 Å². The van der Waals surface area contributed by atoms with Gasteiger partial charge in [-0.1, -0.05) is 164 Å². The van der Waals surface area contributed by atoms with Gasteiger partial charge in [-0.3, -0.25) is 4.99 Å². The van der Waals surface area contributed by atoms with E-state index in [4.69, 9.17) is 10.3 Å². The molecule has 0 saturated carbocycles. The number of nitrogens with zero attached hydrogens (tertiary/aromatic N) is 3. The molecule has 1 aromatic heterocycles. The van der Waals surface area contributed by atoms with Gasteiger partial charge in [-0.15, -0.1) is 11.3 Å². The minimum atomic E-state index is -0.374. The predicted molar refractivity (Wildman–Crippen MR) is 246 cm³/mol. The molecule has 0 saturated heterocycles. The third kappa shape index (κ3) is 6.18. The van der Waals surface area contributed by atoms with Gasteiger partial charge in [0.05, 0.1) is 0 Å². The van der Waals surface area contributed by atoms with Crippen LogP contribution in [0.5, 0.6) is 0 Å². The lowest BCUT2D eigenvalue weighted by Gasteiger charge is -2.44. The lowest BCUT2D eigenvalue weighted by molar-refractivity contribution is 0.633. The van der Waals surface area contributed by atoms with E-state index in [2.05, 4.69) is 216 Å². The van der Waals surface area contributed by atoms with E-state index in [1.165, 1.54) is 52.8 Å². The molecule has 276 valence electrons. The fraction of sp³-hybridized carbons (Fsp3) is 0.0377. The summed E-state index contributed by atoms with van der Waals surface area (Å²) in [4.78, 5) is 7.79. The lowest BCUT2D eigenvalue weighted by atomic mass is 10.00. The van der Waals surface area contributed by atoms with Crippen LogP contribution in [0.25, 0.3) is 58.2 Å². The van der Waals surface area contributed by atoms with Gasteiger partial charge >= 0.3 is 0 Å². The Balaban J connectivity index is 1.06. The zero-order valence-corrected chi connectivity index (χ0v) is 32.4. The smallest absolute Gasteiger partial charge is 0.126 e. The first-order valence-corrected chi connectivity index (χ1v) is 20.5. The SMILES string of the molecule is c1ccc(-c2cccc(N(c3ccc4ccccc4c3)c3ccc4c(c3)sc3cccc(C5=NC(c6cccc7ccccc67)[N-]C(c6ccccc6)N5)c34)c2)cc1. The molecular formula is C53H37N4S-. The van der Waals surface area contributed by atoms with Crippen LogP contribution < -0.4 is 10.2 Å². The van der Waals surface area contributed by atoms with Crippen LogP contribution in [-0.4, -0.2) is 5.84 Å². The number of hydrogen-bond donors (Lipinski definition) is 1. The van der Waals surface area contributed by atoms with Crippen molar-refractivity contribution in [1.29, 1.82) is 0 Å². The molecule has 0 aliphatic carbocycles. The molecule has 0 radical (unpaired) electrons. The zero-order valence-electron chi connectivity index (χ0n) is 31.5. The van der Waals surface area contributed by atoms with Gasteiger partial charge in [0, 0.05) is 42.8 Å². The monoisotopic (exact) mass is 761 g/mol. The molecule has 0 fully saturated rings. The molecule has 2 atom stereocenters. The van der Waals surface area contributed by atoms with Crippen LogP contribution in [0.2, 0.25) is 0 Å². The van der Waals surface area contributed by atoms with Crippen molar-refractivity contribution in [3.63, 3.8) is 0 Å². The van der Waals surface area contributed by atoms with Crippen molar-refractivity contribution in [2.45, 2.75) is 12.3 Å². The molecule has 2 unspecified atom stereocenters. The molecule has 9 aromatic carbocycles. The number of hydrogen-bond acceptors (Lipinski definition) is 4. The number of fused-ring (bicyclic) bond motifs is 5. The van der Waals surface area contributed by atoms with Crippen molar-refractivity contribution >= 4 is 76.0 Å². The Morgan fingerprint density at radius 1 is 0.483 bits per heavy atom. The highest BCUT2D eigenvalue weighted by Crippen LogP contribution is 2.44. The minimum Gasteiger partial charge on any atom is -0.613 e. The molecule has 1 N–H and O–H groups in total. The molecule has 5 heteroatoms. The number of rotatable bonds is 7. The number of benzene rings is 9. The summed E-state index contributed by atoms with van der Waals surface area (Å²) in [5.74, 6) is 0.853. The summed E-state index contributed by atoms with van der Waals surface area (Å²) in [7, 11) is 0. The summed E-state index contributed by atoms with van der Waals surface area (Å²) < 4.78 is 2.44. The molecule has 0 bridgehead atoms. The van der Waals surface area contributed by atoms with Crippen LogP contribution in [0.4, 0.5) is 17.1 Å². The average Bonchev–Trinajstić information content (AvgIpc) is 3.68. The fourth-order valence-corrected chi connectivity index (χ4v) is 9.61. The van der Waals surface area contributed by atoms with E-state index < -0.39 is 0 Å². The topological polar surface area (TPSA) is 41.7 Å². The largest absolute Gasteiger partial charge is 0.613 e. The van der Waals surface area contributed by atoms with Crippen LogP contribution in [-0.2, 0) is 0 Å². The zero-order chi connectivity index (χ0) is 38.4. The molecule has 1 aliphatic heterocycles. The van der Waals surface area contributed by atoms with E-state index >= 15 is 0 Å². The van der Waals surface area contributed by atoms with E-state index in [9.17, 15) is 0 Å². The number of thiophene rings is 1. The first kappa shape index (κ1) is 34.2. The number of aliphatic imine (C=N–C) groups is 1. The standard InChI is InChI=1S/C53H37N4S/c1-3-14-35(15-4-1)40-22-11-23-41(32-40)57(42-29-28-36-16-7-8-20-39(36)33-42)43-30-31-46-49(34-43)58-48-27-13-26-47(50(46)48)53-55-51(38-18-5-2-6-19-38)54-52(56-53)45-25-12-21-37-17-9-10-24-44(37)45/h1-34,51-52H,(H,55,56)/q-1. The molecule has 2 heterocycles. The summed E-state index contributed by atoms with van der Waals surface area (Å²) in [5, 5.41) is 16.3. The van der Waals surface area contributed by atoms with Crippen molar-refractivity contribution < 1.29 is 0 Å². The number of anilines is 3. The van der Waals surface area contributed by atoms with Gasteiger partial charge < -0.3 is 15.5 Å². The maximum absolute atomic E-state index is 5.40. The van der Waals surface area contributed by atoms with Crippen molar-refractivity contribution in [1.82, 2.24) is 5.32 Å². The maximum Gasteiger partial charge on any atom is 0.126 e. The van der Waals surface area contributed by atoms with Gasteiger partial charge in [0.15, 0.2) is 0 Å². The maximum atomic E-state index is 5.40. The van der Waals surface area contributed by atoms with Gasteiger partial charge in [0.2, 0.25) is 0 Å². The van der Waals surface area contributed by atoms with Crippen LogP contribution in [0.15, 0.2) is 211 Å². The Morgan fingerprint density at radius 2 is 1.16 bits per heavy atom. The van der Waals surface area contributed by atoms with E-state index in [0.29, 0.717) is 0 Å². The summed E-state index contributed by atoms with van der Waals surface area (Å²) >= 11 is 1.83.